The Labute approximate surface area is 174 Å². The smallest absolute Gasteiger partial charge is 0.235 e. The fourth-order valence-corrected chi connectivity index (χ4v) is 3.16. The zero-order chi connectivity index (χ0) is 22.1. The average Bonchev–Trinajstić information content (AvgIpc) is 2.77. The van der Waals surface area contributed by atoms with Gasteiger partial charge in [-0.1, -0.05) is 0 Å². The lowest BCUT2D eigenvalue weighted by Crippen LogP contribution is -2.60. The number of benzene rings is 2. The molecule has 3 aromatic rings. The highest BCUT2D eigenvalue weighted by atomic mass is 19.1. The highest BCUT2D eigenvalue weighted by Crippen LogP contribution is 2.27. The van der Waals surface area contributed by atoms with E-state index in [1.165, 1.54) is 42.5 Å². The van der Waals surface area contributed by atoms with Crippen LogP contribution in [0, 0.1) is 5.82 Å². The van der Waals surface area contributed by atoms with E-state index >= 15 is 0 Å². The quantitative estimate of drug-likeness (QED) is 0.461. The van der Waals surface area contributed by atoms with Gasteiger partial charge in [0.15, 0.2) is 0 Å². The Morgan fingerprint density at radius 3 is 2.39 bits per heavy atom. The normalized spacial score (nSPS) is 26.0. The minimum Gasteiger partial charge on any atom is -0.462 e. The van der Waals surface area contributed by atoms with E-state index in [1.54, 1.807) is 0 Å². The van der Waals surface area contributed by atoms with Gasteiger partial charge in [-0.05, 0) is 36.4 Å². The van der Waals surface area contributed by atoms with Crippen molar-refractivity contribution >= 4 is 11.0 Å². The molecule has 31 heavy (non-hydrogen) atoms. The Kier molecular flexibility index (Phi) is 5.90. The first-order valence-electron chi connectivity index (χ1n) is 9.33. The Balaban J connectivity index is 1.56. The van der Waals surface area contributed by atoms with Crippen LogP contribution in [-0.2, 0) is 4.74 Å². The molecular formula is C21H19FO9. The molecule has 1 fully saturated rings. The molecule has 0 bridgehead atoms. The third-order valence-electron chi connectivity index (χ3n) is 4.86. The summed E-state index contributed by atoms with van der Waals surface area (Å²) in [7, 11) is 0. The van der Waals surface area contributed by atoms with E-state index in [4.69, 9.17) is 18.6 Å². The predicted octanol–water partition coefficient (Wildman–Crippen LogP) is 0.903. The molecule has 4 rings (SSSR count). The van der Waals surface area contributed by atoms with Crippen LogP contribution in [0.4, 0.5) is 4.39 Å². The Morgan fingerprint density at radius 1 is 0.968 bits per heavy atom. The SMILES string of the molecule is O=c1c(Oc2ccc(F)cc2)coc2cc(O[C@@H]3OC(CO)[C@H](O)[C@H](O)C3O)ccc12. The van der Waals surface area contributed by atoms with Gasteiger partial charge in [-0.2, -0.15) is 0 Å². The van der Waals surface area contributed by atoms with Crippen LogP contribution in [0.5, 0.6) is 17.2 Å². The fourth-order valence-electron chi connectivity index (χ4n) is 3.16. The van der Waals surface area contributed by atoms with E-state index in [1.807, 2.05) is 0 Å². The van der Waals surface area contributed by atoms with Crippen LogP contribution < -0.4 is 14.9 Å². The van der Waals surface area contributed by atoms with Crippen molar-refractivity contribution in [2.45, 2.75) is 30.7 Å². The second kappa shape index (κ2) is 8.61. The zero-order valence-electron chi connectivity index (χ0n) is 15.9. The van der Waals surface area contributed by atoms with Gasteiger partial charge in [0.05, 0.1) is 12.0 Å². The molecule has 1 saturated heterocycles. The van der Waals surface area contributed by atoms with E-state index in [9.17, 15) is 29.6 Å². The van der Waals surface area contributed by atoms with Gasteiger partial charge >= 0.3 is 0 Å². The third kappa shape index (κ3) is 4.24. The Hall–Kier alpha value is -3.02. The van der Waals surface area contributed by atoms with Gasteiger partial charge in [0.25, 0.3) is 0 Å². The van der Waals surface area contributed by atoms with Crippen molar-refractivity contribution in [1.29, 1.82) is 0 Å². The molecule has 1 aliphatic rings. The van der Waals surface area contributed by atoms with Crippen LogP contribution in [0.1, 0.15) is 0 Å². The molecule has 2 unspecified atom stereocenters. The van der Waals surface area contributed by atoms with Crippen molar-refractivity contribution in [3.8, 4) is 17.2 Å². The van der Waals surface area contributed by atoms with E-state index in [-0.39, 0.29) is 28.2 Å². The number of aliphatic hydroxyl groups is 4. The predicted molar refractivity (Wildman–Crippen MR) is 103 cm³/mol. The molecule has 4 N–H and O–H groups in total. The molecule has 5 atom stereocenters. The van der Waals surface area contributed by atoms with Gasteiger partial charge in [-0.15, -0.1) is 0 Å². The first-order chi connectivity index (χ1) is 14.9. The Bertz CT molecular complexity index is 1110. The highest BCUT2D eigenvalue weighted by molar-refractivity contribution is 5.79. The number of rotatable bonds is 5. The second-order valence-electron chi connectivity index (χ2n) is 6.96. The minimum absolute atomic E-state index is 0.0956. The van der Waals surface area contributed by atoms with Gasteiger partial charge in [0.2, 0.25) is 17.5 Å². The number of hydrogen-bond donors (Lipinski definition) is 4. The molecule has 0 spiro atoms. The van der Waals surface area contributed by atoms with Gasteiger partial charge in [0.1, 0.15) is 53.6 Å². The Morgan fingerprint density at radius 2 is 1.68 bits per heavy atom. The van der Waals surface area contributed by atoms with Gasteiger partial charge < -0.3 is 39.1 Å². The molecule has 2 heterocycles. The molecular weight excluding hydrogens is 415 g/mol. The van der Waals surface area contributed by atoms with E-state index < -0.39 is 48.6 Å². The summed E-state index contributed by atoms with van der Waals surface area (Å²) in [5.74, 6) is -0.130. The number of halogens is 1. The maximum absolute atomic E-state index is 13.0. The summed E-state index contributed by atoms with van der Waals surface area (Å²) in [4.78, 5) is 12.7. The van der Waals surface area contributed by atoms with Crippen molar-refractivity contribution in [2.75, 3.05) is 6.61 Å². The van der Waals surface area contributed by atoms with Crippen molar-refractivity contribution in [2.24, 2.45) is 0 Å². The largest absolute Gasteiger partial charge is 0.462 e. The number of hydrogen-bond acceptors (Lipinski definition) is 9. The molecule has 2 aromatic carbocycles. The molecule has 9 nitrogen and oxygen atoms in total. The molecule has 0 radical (unpaired) electrons. The molecule has 1 aliphatic heterocycles. The standard InChI is InChI=1S/C21H19FO9/c22-10-1-3-11(4-2-10)29-16-9-28-14-7-12(5-6-13(14)17(16)24)30-21-20(27)19(26)18(25)15(8-23)31-21/h1-7,9,15,18-21,23,25-27H,8H2/t15?,18-,19-,20?,21+/m0/s1. The molecule has 164 valence electrons. The minimum atomic E-state index is -1.58. The van der Waals surface area contributed by atoms with Gasteiger partial charge in [-0.3, -0.25) is 4.79 Å². The summed E-state index contributed by atoms with van der Waals surface area (Å²) in [6.45, 7) is -0.589. The van der Waals surface area contributed by atoms with Crippen LogP contribution >= 0.6 is 0 Å². The summed E-state index contributed by atoms with van der Waals surface area (Å²) in [6.07, 6.45) is -6.05. The van der Waals surface area contributed by atoms with Gasteiger partial charge in [-0.25, -0.2) is 4.39 Å². The maximum atomic E-state index is 13.0. The van der Waals surface area contributed by atoms with E-state index in [0.29, 0.717) is 0 Å². The van der Waals surface area contributed by atoms with Crippen molar-refractivity contribution < 1.29 is 43.4 Å². The van der Waals surface area contributed by atoms with Crippen LogP contribution in [-0.4, -0.2) is 57.7 Å². The molecule has 1 aromatic heterocycles. The zero-order valence-corrected chi connectivity index (χ0v) is 15.9. The molecule has 0 saturated carbocycles. The number of aliphatic hydroxyl groups excluding tert-OH is 4. The number of ether oxygens (including phenoxy) is 3. The van der Waals surface area contributed by atoms with Crippen LogP contribution in [0.2, 0.25) is 0 Å². The summed E-state index contributed by atoms with van der Waals surface area (Å²) in [5, 5.41) is 39.2. The number of fused-ring (bicyclic) bond motifs is 1. The summed E-state index contributed by atoms with van der Waals surface area (Å²) < 4.78 is 34.7. The average molecular weight is 434 g/mol. The van der Waals surface area contributed by atoms with E-state index in [0.717, 1.165) is 6.26 Å². The highest BCUT2D eigenvalue weighted by Gasteiger charge is 2.44. The molecule has 0 aliphatic carbocycles. The first kappa shape index (κ1) is 21.2. The lowest BCUT2D eigenvalue weighted by Gasteiger charge is -2.39. The fraction of sp³-hybridized carbons (Fsp3) is 0.286. The van der Waals surface area contributed by atoms with E-state index in [2.05, 4.69) is 0 Å². The maximum Gasteiger partial charge on any atom is 0.235 e. The van der Waals surface area contributed by atoms with Crippen LogP contribution in [0.3, 0.4) is 0 Å². The molecule has 10 heteroatoms. The van der Waals surface area contributed by atoms with Crippen LogP contribution in [0.15, 0.2) is 57.9 Å². The third-order valence-corrected chi connectivity index (χ3v) is 4.86. The van der Waals surface area contributed by atoms with Crippen LogP contribution in [0.25, 0.3) is 11.0 Å². The summed E-state index contributed by atoms with van der Waals surface area (Å²) in [5.41, 5.74) is -0.316. The van der Waals surface area contributed by atoms with Crippen molar-refractivity contribution in [1.82, 2.24) is 0 Å². The monoisotopic (exact) mass is 434 g/mol. The topological polar surface area (TPSA) is 139 Å². The lowest BCUT2D eigenvalue weighted by atomic mass is 9.99. The summed E-state index contributed by atoms with van der Waals surface area (Å²) in [6, 6.07) is 9.34. The van der Waals surface area contributed by atoms with Gasteiger partial charge in [0, 0.05) is 6.07 Å². The lowest BCUT2D eigenvalue weighted by molar-refractivity contribution is -0.277. The molecule has 0 amide bonds. The second-order valence-corrected chi connectivity index (χ2v) is 6.96. The van der Waals surface area contributed by atoms with Crippen molar-refractivity contribution in [3.63, 3.8) is 0 Å². The first-order valence-corrected chi connectivity index (χ1v) is 9.33. The summed E-state index contributed by atoms with van der Waals surface area (Å²) >= 11 is 0. The van der Waals surface area contributed by atoms with Crippen molar-refractivity contribution in [3.05, 3.63) is 64.8 Å².